The Kier molecular flexibility index (Phi) is 5.66. The minimum Gasteiger partial charge on any atom is -0.381 e. The molecule has 1 aromatic rings. The van der Waals surface area contributed by atoms with E-state index in [4.69, 9.17) is 9.29 Å². The van der Waals surface area contributed by atoms with E-state index in [1.165, 1.54) is 6.07 Å². The SMILES string of the molecule is O=[N+]([O-])c1cc(NS(=O)O)ccc1CCC1CCOCC1. The van der Waals surface area contributed by atoms with Crippen LogP contribution in [0.15, 0.2) is 18.2 Å². The maximum absolute atomic E-state index is 11.1. The predicted molar refractivity (Wildman–Crippen MR) is 79.4 cm³/mol. The van der Waals surface area contributed by atoms with Gasteiger partial charge in [-0.05, 0) is 37.7 Å². The van der Waals surface area contributed by atoms with Crippen molar-refractivity contribution in [1.82, 2.24) is 0 Å². The van der Waals surface area contributed by atoms with E-state index in [0.717, 1.165) is 32.5 Å². The van der Waals surface area contributed by atoms with Gasteiger partial charge in [-0.1, -0.05) is 6.07 Å². The molecule has 21 heavy (non-hydrogen) atoms. The second-order valence-electron chi connectivity index (χ2n) is 5.05. The fourth-order valence-corrected chi connectivity index (χ4v) is 2.83. The van der Waals surface area contributed by atoms with E-state index in [2.05, 4.69) is 4.72 Å². The number of nitrogens with one attached hydrogen (secondary N) is 1. The van der Waals surface area contributed by atoms with Crippen molar-refractivity contribution in [3.05, 3.63) is 33.9 Å². The number of nitro benzene ring substituents is 1. The Morgan fingerprint density at radius 1 is 1.43 bits per heavy atom. The Hall–Kier alpha value is -1.51. The molecular weight excluding hydrogens is 296 g/mol. The van der Waals surface area contributed by atoms with Crippen molar-refractivity contribution in [1.29, 1.82) is 0 Å². The van der Waals surface area contributed by atoms with Crippen LogP contribution in [-0.2, 0) is 22.4 Å². The zero-order valence-electron chi connectivity index (χ0n) is 11.5. The van der Waals surface area contributed by atoms with Gasteiger partial charge in [-0.3, -0.25) is 19.4 Å². The number of benzene rings is 1. The molecule has 1 saturated heterocycles. The molecule has 0 radical (unpaired) electrons. The van der Waals surface area contributed by atoms with E-state index in [9.17, 15) is 14.3 Å². The summed E-state index contributed by atoms with van der Waals surface area (Å²) < 4.78 is 27.0. The minimum absolute atomic E-state index is 0.0162. The van der Waals surface area contributed by atoms with Gasteiger partial charge in [0.15, 0.2) is 0 Å². The predicted octanol–water partition coefficient (Wildman–Crippen LogP) is 2.50. The summed E-state index contributed by atoms with van der Waals surface area (Å²) in [5, 5.41) is 11.1. The maximum Gasteiger partial charge on any atom is 0.274 e. The van der Waals surface area contributed by atoms with Crippen LogP contribution >= 0.6 is 0 Å². The Balaban J connectivity index is 2.06. The minimum atomic E-state index is -2.24. The summed E-state index contributed by atoms with van der Waals surface area (Å²) in [6, 6.07) is 4.53. The van der Waals surface area contributed by atoms with Gasteiger partial charge in [-0.2, -0.15) is 0 Å². The van der Waals surface area contributed by atoms with Gasteiger partial charge in [-0.15, -0.1) is 0 Å². The quantitative estimate of drug-likeness (QED) is 0.477. The van der Waals surface area contributed by atoms with Gasteiger partial charge >= 0.3 is 0 Å². The first-order chi connectivity index (χ1) is 10.1. The van der Waals surface area contributed by atoms with Gasteiger partial charge in [0, 0.05) is 24.8 Å². The van der Waals surface area contributed by atoms with Gasteiger partial charge < -0.3 is 4.74 Å². The Morgan fingerprint density at radius 2 is 2.14 bits per heavy atom. The highest BCUT2D eigenvalue weighted by molar-refractivity contribution is 7.80. The molecule has 0 amide bonds. The van der Waals surface area contributed by atoms with Crippen molar-refractivity contribution in [3.63, 3.8) is 0 Å². The smallest absolute Gasteiger partial charge is 0.274 e. The molecule has 116 valence electrons. The number of ether oxygens (including phenoxy) is 1. The highest BCUT2D eigenvalue weighted by Gasteiger charge is 2.18. The Bertz CT molecular complexity index is 531. The lowest BCUT2D eigenvalue weighted by Gasteiger charge is -2.21. The molecule has 0 aromatic heterocycles. The summed E-state index contributed by atoms with van der Waals surface area (Å²) in [4.78, 5) is 10.7. The second-order valence-corrected chi connectivity index (χ2v) is 5.75. The molecule has 1 heterocycles. The molecule has 7 nitrogen and oxygen atoms in total. The standard InChI is InChI=1S/C13H18N2O5S/c16-15(17)13-9-12(14-21(18)19)4-3-11(13)2-1-10-5-7-20-8-6-10/h3-4,9-10,14H,1-2,5-8H2,(H,18,19). The van der Waals surface area contributed by atoms with Gasteiger partial charge in [0.2, 0.25) is 0 Å². The molecular formula is C13H18N2O5S. The molecule has 1 atom stereocenters. The van der Waals surface area contributed by atoms with E-state index >= 15 is 0 Å². The van der Waals surface area contributed by atoms with Crippen LogP contribution in [0.25, 0.3) is 0 Å². The lowest BCUT2D eigenvalue weighted by atomic mass is 9.92. The lowest BCUT2D eigenvalue weighted by molar-refractivity contribution is -0.385. The first-order valence-corrected chi connectivity index (χ1v) is 7.89. The van der Waals surface area contributed by atoms with Crippen molar-refractivity contribution in [2.45, 2.75) is 25.7 Å². The van der Waals surface area contributed by atoms with Crippen LogP contribution in [0.3, 0.4) is 0 Å². The van der Waals surface area contributed by atoms with Gasteiger partial charge in [0.05, 0.1) is 10.6 Å². The molecule has 1 aromatic carbocycles. The monoisotopic (exact) mass is 314 g/mol. The Labute approximate surface area is 125 Å². The highest BCUT2D eigenvalue weighted by Crippen LogP contribution is 2.27. The van der Waals surface area contributed by atoms with E-state index in [0.29, 0.717) is 17.9 Å². The number of nitro groups is 1. The average Bonchev–Trinajstić information content (AvgIpc) is 2.46. The topological polar surface area (TPSA) is 102 Å². The summed E-state index contributed by atoms with van der Waals surface area (Å²) >= 11 is -2.24. The fourth-order valence-electron chi connectivity index (χ4n) is 2.50. The molecule has 2 N–H and O–H groups in total. The summed E-state index contributed by atoms with van der Waals surface area (Å²) in [7, 11) is 0. The van der Waals surface area contributed by atoms with Gasteiger partial charge in [0.25, 0.3) is 17.0 Å². The van der Waals surface area contributed by atoms with Crippen LogP contribution in [-0.4, -0.2) is 26.9 Å². The third-order valence-electron chi connectivity index (χ3n) is 3.65. The third-order valence-corrected chi connectivity index (χ3v) is 4.06. The number of nitrogens with zero attached hydrogens (tertiary/aromatic N) is 1. The molecule has 0 bridgehead atoms. The number of hydrogen-bond donors (Lipinski definition) is 2. The average molecular weight is 314 g/mol. The van der Waals surface area contributed by atoms with E-state index in [-0.39, 0.29) is 11.4 Å². The first kappa shape index (κ1) is 15.9. The third kappa shape index (κ3) is 4.76. The summed E-state index contributed by atoms with van der Waals surface area (Å²) in [6.45, 7) is 1.52. The zero-order valence-corrected chi connectivity index (χ0v) is 12.3. The van der Waals surface area contributed by atoms with E-state index in [1.807, 2.05) is 0 Å². The molecule has 1 unspecified atom stereocenters. The number of rotatable bonds is 6. The van der Waals surface area contributed by atoms with Crippen LogP contribution < -0.4 is 4.72 Å². The van der Waals surface area contributed by atoms with E-state index < -0.39 is 16.2 Å². The van der Waals surface area contributed by atoms with Crippen molar-refractivity contribution >= 4 is 22.6 Å². The largest absolute Gasteiger partial charge is 0.381 e. The maximum atomic E-state index is 11.1. The molecule has 0 spiro atoms. The summed E-state index contributed by atoms with van der Waals surface area (Å²) in [6.07, 6.45) is 3.51. The molecule has 1 aliphatic rings. The van der Waals surface area contributed by atoms with Gasteiger partial charge in [-0.25, -0.2) is 4.21 Å². The molecule has 0 aliphatic carbocycles. The molecule has 1 fully saturated rings. The normalized spacial score (nSPS) is 17.4. The highest BCUT2D eigenvalue weighted by atomic mass is 32.2. The van der Waals surface area contributed by atoms with E-state index in [1.54, 1.807) is 12.1 Å². The molecule has 2 rings (SSSR count). The molecule has 0 saturated carbocycles. The zero-order chi connectivity index (χ0) is 15.2. The van der Waals surface area contributed by atoms with Crippen molar-refractivity contribution < 1.29 is 18.4 Å². The summed E-state index contributed by atoms with van der Waals surface area (Å²) in [5.41, 5.74) is 0.899. The summed E-state index contributed by atoms with van der Waals surface area (Å²) in [5.74, 6) is 0.543. The van der Waals surface area contributed by atoms with Crippen molar-refractivity contribution in [2.75, 3.05) is 17.9 Å². The second kappa shape index (κ2) is 7.48. The Morgan fingerprint density at radius 3 is 2.76 bits per heavy atom. The van der Waals surface area contributed by atoms with Crippen molar-refractivity contribution in [3.8, 4) is 0 Å². The van der Waals surface area contributed by atoms with Crippen LogP contribution in [0.1, 0.15) is 24.8 Å². The van der Waals surface area contributed by atoms with Crippen LogP contribution in [0.4, 0.5) is 11.4 Å². The number of anilines is 1. The molecule has 1 aliphatic heterocycles. The molecule has 8 heteroatoms. The first-order valence-electron chi connectivity index (χ1n) is 6.79. The van der Waals surface area contributed by atoms with Gasteiger partial charge in [0.1, 0.15) is 0 Å². The van der Waals surface area contributed by atoms with Crippen LogP contribution in [0.5, 0.6) is 0 Å². The fraction of sp³-hybridized carbons (Fsp3) is 0.538. The van der Waals surface area contributed by atoms with Crippen LogP contribution in [0, 0.1) is 16.0 Å². The van der Waals surface area contributed by atoms with Crippen molar-refractivity contribution in [2.24, 2.45) is 5.92 Å². The number of aryl methyl sites for hydroxylation is 1. The van der Waals surface area contributed by atoms with Crippen LogP contribution in [0.2, 0.25) is 0 Å². The number of hydrogen-bond acceptors (Lipinski definition) is 4. The lowest BCUT2D eigenvalue weighted by Crippen LogP contribution is -2.16.